The third kappa shape index (κ3) is 6.80. The molecule has 7 heteroatoms. The number of amides is 1. The highest BCUT2D eigenvalue weighted by Crippen LogP contribution is 2.15. The number of nitrogens with zero attached hydrogens (tertiary/aromatic N) is 2. The van der Waals surface area contributed by atoms with Gasteiger partial charge in [0.15, 0.2) is 0 Å². The fraction of sp³-hybridized carbons (Fsp3) is 0.381. The SMILES string of the molecule is O=C(CN1CCN(CC(O)COc2ccccc2)CC1)Nc1cccc(Cl)c1. The molecule has 28 heavy (non-hydrogen) atoms. The molecule has 2 N–H and O–H groups in total. The van der Waals surface area contributed by atoms with Crippen LogP contribution in [0.3, 0.4) is 0 Å². The summed E-state index contributed by atoms with van der Waals surface area (Å²) < 4.78 is 5.60. The first-order chi connectivity index (χ1) is 13.6. The first kappa shape index (κ1) is 20.6. The number of piperazine rings is 1. The van der Waals surface area contributed by atoms with Gasteiger partial charge in [-0.25, -0.2) is 0 Å². The molecule has 1 saturated heterocycles. The summed E-state index contributed by atoms with van der Waals surface area (Å²) in [6.45, 7) is 4.38. The van der Waals surface area contributed by atoms with Crippen LogP contribution in [0, 0.1) is 0 Å². The van der Waals surface area contributed by atoms with Crippen LogP contribution in [0.4, 0.5) is 5.69 Å². The monoisotopic (exact) mass is 403 g/mol. The molecular weight excluding hydrogens is 378 g/mol. The highest BCUT2D eigenvalue weighted by Gasteiger charge is 2.21. The van der Waals surface area contributed by atoms with Gasteiger partial charge in [-0.05, 0) is 30.3 Å². The normalized spacial score (nSPS) is 16.5. The first-order valence-corrected chi connectivity index (χ1v) is 9.82. The van der Waals surface area contributed by atoms with Gasteiger partial charge >= 0.3 is 0 Å². The Morgan fingerprint density at radius 1 is 1.07 bits per heavy atom. The third-order valence-corrected chi connectivity index (χ3v) is 4.83. The van der Waals surface area contributed by atoms with E-state index < -0.39 is 6.10 Å². The van der Waals surface area contributed by atoms with Gasteiger partial charge in [0.05, 0.1) is 6.54 Å². The molecule has 0 saturated carbocycles. The Bertz CT molecular complexity index is 752. The van der Waals surface area contributed by atoms with Crippen molar-refractivity contribution in [2.75, 3.05) is 51.2 Å². The average molecular weight is 404 g/mol. The van der Waals surface area contributed by atoms with Crippen molar-refractivity contribution >= 4 is 23.2 Å². The van der Waals surface area contributed by atoms with Gasteiger partial charge in [-0.1, -0.05) is 35.9 Å². The number of benzene rings is 2. The lowest BCUT2D eigenvalue weighted by molar-refractivity contribution is -0.117. The summed E-state index contributed by atoms with van der Waals surface area (Å²) in [6, 6.07) is 16.6. The van der Waals surface area contributed by atoms with Crippen LogP contribution in [0.15, 0.2) is 54.6 Å². The van der Waals surface area contributed by atoms with Crippen molar-refractivity contribution in [1.29, 1.82) is 0 Å². The number of carbonyl (C=O) groups excluding carboxylic acids is 1. The van der Waals surface area contributed by atoms with Gasteiger partial charge in [0.1, 0.15) is 18.5 Å². The molecule has 3 rings (SSSR count). The van der Waals surface area contributed by atoms with E-state index in [0.717, 1.165) is 31.9 Å². The zero-order valence-electron chi connectivity index (χ0n) is 15.8. The Balaban J connectivity index is 1.34. The minimum atomic E-state index is -0.544. The molecule has 150 valence electrons. The van der Waals surface area contributed by atoms with Crippen LogP contribution < -0.4 is 10.1 Å². The quantitative estimate of drug-likeness (QED) is 0.708. The van der Waals surface area contributed by atoms with Gasteiger partial charge in [0.25, 0.3) is 0 Å². The molecule has 1 unspecified atom stereocenters. The number of para-hydroxylation sites is 1. The van der Waals surface area contributed by atoms with Gasteiger partial charge in [-0.2, -0.15) is 0 Å². The summed E-state index contributed by atoms with van der Waals surface area (Å²) >= 11 is 5.94. The van der Waals surface area contributed by atoms with E-state index >= 15 is 0 Å². The Labute approximate surface area is 170 Å². The standard InChI is InChI=1S/C21H26ClN3O3/c22-17-5-4-6-18(13-17)23-21(27)15-25-11-9-24(10-12-25)14-19(26)16-28-20-7-2-1-3-8-20/h1-8,13,19,26H,9-12,14-16H2,(H,23,27). The van der Waals surface area contributed by atoms with Crippen LogP contribution >= 0.6 is 11.6 Å². The predicted octanol–water partition coefficient (Wildman–Crippen LogP) is 2.34. The predicted molar refractivity (Wildman–Crippen MR) is 111 cm³/mol. The topological polar surface area (TPSA) is 65.0 Å². The molecule has 0 bridgehead atoms. The molecule has 0 aromatic heterocycles. The molecule has 2 aromatic carbocycles. The van der Waals surface area contributed by atoms with E-state index in [-0.39, 0.29) is 12.5 Å². The maximum absolute atomic E-state index is 12.2. The number of anilines is 1. The maximum atomic E-state index is 12.2. The molecule has 1 fully saturated rings. The summed E-state index contributed by atoms with van der Waals surface area (Å²) in [7, 11) is 0. The van der Waals surface area contributed by atoms with Crippen molar-refractivity contribution in [3.8, 4) is 5.75 Å². The van der Waals surface area contributed by atoms with E-state index in [1.165, 1.54) is 0 Å². The van der Waals surface area contributed by atoms with Crippen molar-refractivity contribution in [3.05, 3.63) is 59.6 Å². The fourth-order valence-electron chi connectivity index (χ4n) is 3.16. The molecule has 1 aliphatic heterocycles. The molecule has 1 atom stereocenters. The number of nitrogens with one attached hydrogen (secondary N) is 1. The van der Waals surface area contributed by atoms with E-state index in [4.69, 9.17) is 16.3 Å². The van der Waals surface area contributed by atoms with Crippen molar-refractivity contribution in [2.45, 2.75) is 6.10 Å². The first-order valence-electron chi connectivity index (χ1n) is 9.44. The van der Waals surface area contributed by atoms with Gasteiger partial charge in [-0.15, -0.1) is 0 Å². The molecule has 0 aliphatic carbocycles. The van der Waals surface area contributed by atoms with E-state index in [1.54, 1.807) is 12.1 Å². The second-order valence-corrected chi connectivity index (χ2v) is 7.35. The Kier molecular flexibility index (Phi) is 7.68. The molecule has 6 nitrogen and oxygen atoms in total. The van der Waals surface area contributed by atoms with E-state index in [2.05, 4.69) is 15.1 Å². The molecule has 1 heterocycles. The number of carbonyl (C=O) groups is 1. The zero-order valence-corrected chi connectivity index (χ0v) is 16.5. The van der Waals surface area contributed by atoms with Crippen LogP contribution in [-0.2, 0) is 4.79 Å². The van der Waals surface area contributed by atoms with Gasteiger partial charge < -0.3 is 15.2 Å². The third-order valence-electron chi connectivity index (χ3n) is 4.60. The van der Waals surface area contributed by atoms with E-state index in [0.29, 0.717) is 23.8 Å². The number of rotatable bonds is 8. The largest absolute Gasteiger partial charge is 0.491 e. The number of hydrogen-bond donors (Lipinski definition) is 2. The summed E-state index contributed by atoms with van der Waals surface area (Å²) in [5.41, 5.74) is 0.706. The molecule has 1 aliphatic rings. The number of aliphatic hydroxyl groups excluding tert-OH is 1. The van der Waals surface area contributed by atoms with Crippen LogP contribution in [0.5, 0.6) is 5.75 Å². The van der Waals surface area contributed by atoms with Crippen LogP contribution in [0.25, 0.3) is 0 Å². The van der Waals surface area contributed by atoms with Crippen LogP contribution in [0.1, 0.15) is 0 Å². The average Bonchev–Trinajstić information content (AvgIpc) is 2.69. The van der Waals surface area contributed by atoms with Crippen molar-refractivity contribution in [1.82, 2.24) is 9.80 Å². The Morgan fingerprint density at radius 3 is 2.50 bits per heavy atom. The summed E-state index contributed by atoms with van der Waals surface area (Å²) in [5.74, 6) is 0.712. The molecule has 2 aromatic rings. The van der Waals surface area contributed by atoms with E-state index in [1.807, 2.05) is 42.5 Å². The molecule has 1 amide bonds. The molecule has 0 radical (unpaired) electrons. The van der Waals surface area contributed by atoms with Gasteiger partial charge in [0.2, 0.25) is 5.91 Å². The van der Waals surface area contributed by atoms with Gasteiger partial charge in [0, 0.05) is 43.4 Å². The van der Waals surface area contributed by atoms with Crippen molar-refractivity contribution < 1.29 is 14.6 Å². The summed E-state index contributed by atoms with van der Waals surface area (Å²) in [4.78, 5) is 16.5. The van der Waals surface area contributed by atoms with E-state index in [9.17, 15) is 9.90 Å². The minimum Gasteiger partial charge on any atom is -0.491 e. The number of β-amino-alcohol motifs (C(OH)–C–C–N with tert-alkyl or cyclic N) is 1. The lowest BCUT2D eigenvalue weighted by Gasteiger charge is -2.35. The maximum Gasteiger partial charge on any atom is 0.238 e. The Morgan fingerprint density at radius 2 is 1.79 bits per heavy atom. The van der Waals surface area contributed by atoms with Crippen LogP contribution in [0.2, 0.25) is 5.02 Å². The highest BCUT2D eigenvalue weighted by molar-refractivity contribution is 6.30. The molecule has 0 spiro atoms. The lowest BCUT2D eigenvalue weighted by atomic mass is 10.2. The smallest absolute Gasteiger partial charge is 0.238 e. The summed E-state index contributed by atoms with van der Waals surface area (Å²) in [6.07, 6.45) is -0.544. The second-order valence-electron chi connectivity index (χ2n) is 6.91. The summed E-state index contributed by atoms with van der Waals surface area (Å²) in [5, 5.41) is 13.7. The van der Waals surface area contributed by atoms with Crippen molar-refractivity contribution in [2.24, 2.45) is 0 Å². The second kappa shape index (κ2) is 10.4. The van der Waals surface area contributed by atoms with Crippen molar-refractivity contribution in [3.63, 3.8) is 0 Å². The fourth-order valence-corrected chi connectivity index (χ4v) is 3.35. The Hall–Kier alpha value is -2.12. The number of halogens is 1. The molecular formula is C21H26ClN3O3. The van der Waals surface area contributed by atoms with Gasteiger partial charge in [-0.3, -0.25) is 14.6 Å². The number of ether oxygens (including phenoxy) is 1. The lowest BCUT2D eigenvalue weighted by Crippen LogP contribution is -2.50. The zero-order chi connectivity index (χ0) is 19.8. The highest BCUT2D eigenvalue weighted by atomic mass is 35.5. The number of aliphatic hydroxyl groups is 1. The van der Waals surface area contributed by atoms with Crippen LogP contribution in [-0.4, -0.2) is 72.8 Å². The number of hydrogen-bond acceptors (Lipinski definition) is 5. The minimum absolute atomic E-state index is 0.0491.